The van der Waals surface area contributed by atoms with E-state index >= 15 is 0 Å². The summed E-state index contributed by atoms with van der Waals surface area (Å²) in [4.78, 5) is 0. The first-order chi connectivity index (χ1) is 5.45. The van der Waals surface area contributed by atoms with Crippen LogP contribution in [0.3, 0.4) is 0 Å². The highest BCUT2D eigenvalue weighted by Gasteiger charge is 2.36. The third kappa shape index (κ3) is 1.80. The SMILES string of the molecule is Cn1cc(CBr)c(C(F)(F)F)n1. The van der Waals surface area contributed by atoms with Crippen LogP contribution in [0, 0.1) is 0 Å². The van der Waals surface area contributed by atoms with Crippen molar-refractivity contribution >= 4 is 15.9 Å². The highest BCUT2D eigenvalue weighted by Crippen LogP contribution is 2.31. The van der Waals surface area contributed by atoms with Gasteiger partial charge < -0.3 is 0 Å². The Bertz CT molecular complexity index is 279. The smallest absolute Gasteiger partial charge is 0.275 e. The summed E-state index contributed by atoms with van der Waals surface area (Å²) in [6.45, 7) is 0. The minimum atomic E-state index is -4.36. The summed E-state index contributed by atoms with van der Waals surface area (Å²) in [5.41, 5.74) is -0.660. The van der Waals surface area contributed by atoms with E-state index in [0.29, 0.717) is 0 Å². The molecule has 1 aromatic heterocycles. The summed E-state index contributed by atoms with van der Waals surface area (Å²) in [5, 5.41) is 3.48. The van der Waals surface area contributed by atoms with E-state index in [1.54, 1.807) is 0 Å². The van der Waals surface area contributed by atoms with Crippen LogP contribution in [0.25, 0.3) is 0 Å². The highest BCUT2D eigenvalue weighted by molar-refractivity contribution is 9.08. The largest absolute Gasteiger partial charge is 0.435 e. The second kappa shape index (κ2) is 3.08. The van der Waals surface area contributed by atoms with Crippen molar-refractivity contribution in [2.24, 2.45) is 7.05 Å². The molecule has 12 heavy (non-hydrogen) atoms. The van der Waals surface area contributed by atoms with Gasteiger partial charge in [-0.25, -0.2) is 0 Å². The molecule has 68 valence electrons. The summed E-state index contributed by atoms with van der Waals surface area (Å²) in [6, 6.07) is 0. The lowest BCUT2D eigenvalue weighted by molar-refractivity contribution is -0.141. The van der Waals surface area contributed by atoms with Gasteiger partial charge in [0.1, 0.15) is 0 Å². The van der Waals surface area contributed by atoms with Crippen LogP contribution in [-0.4, -0.2) is 9.78 Å². The van der Waals surface area contributed by atoms with E-state index in [1.165, 1.54) is 13.2 Å². The van der Waals surface area contributed by atoms with Crippen LogP contribution >= 0.6 is 15.9 Å². The number of halogens is 4. The van der Waals surface area contributed by atoms with Crippen molar-refractivity contribution in [3.63, 3.8) is 0 Å². The molecule has 0 aliphatic carbocycles. The first kappa shape index (κ1) is 9.57. The lowest BCUT2D eigenvalue weighted by Crippen LogP contribution is -2.08. The Morgan fingerprint density at radius 3 is 2.50 bits per heavy atom. The Labute approximate surface area is 75.5 Å². The van der Waals surface area contributed by atoms with E-state index in [9.17, 15) is 13.2 Å². The molecule has 0 aliphatic heterocycles. The molecule has 0 aromatic carbocycles. The molecule has 1 rings (SSSR count). The molecule has 0 bridgehead atoms. The predicted octanol–water partition coefficient (Wildman–Crippen LogP) is 2.33. The average Bonchev–Trinajstić information content (AvgIpc) is 2.29. The molecule has 0 amide bonds. The maximum absolute atomic E-state index is 12.2. The van der Waals surface area contributed by atoms with Crippen molar-refractivity contribution in [2.75, 3.05) is 0 Å². The quantitative estimate of drug-likeness (QED) is 0.692. The fourth-order valence-electron chi connectivity index (χ4n) is 0.874. The standard InChI is InChI=1S/C6H6BrF3N2/c1-12-3-4(2-7)5(11-12)6(8,9)10/h3H,2H2,1H3. The number of aryl methyl sites for hydroxylation is 1. The zero-order chi connectivity index (χ0) is 9.35. The number of aromatic nitrogens is 2. The Morgan fingerprint density at radius 1 is 1.58 bits per heavy atom. The highest BCUT2D eigenvalue weighted by atomic mass is 79.9. The molecule has 1 aromatic rings. The average molecular weight is 243 g/mol. The van der Waals surface area contributed by atoms with E-state index in [2.05, 4.69) is 21.0 Å². The third-order valence-electron chi connectivity index (χ3n) is 1.32. The monoisotopic (exact) mass is 242 g/mol. The number of nitrogens with zero attached hydrogens (tertiary/aromatic N) is 2. The van der Waals surface area contributed by atoms with Gasteiger partial charge in [-0.2, -0.15) is 18.3 Å². The summed E-state index contributed by atoms with van der Waals surface area (Å²) in [6.07, 6.45) is -3.01. The molecule has 0 aliphatic rings. The van der Waals surface area contributed by atoms with Gasteiger partial charge in [0.2, 0.25) is 0 Å². The van der Waals surface area contributed by atoms with E-state index in [4.69, 9.17) is 0 Å². The van der Waals surface area contributed by atoms with Crippen LogP contribution in [0.2, 0.25) is 0 Å². The molecular formula is C6H6BrF3N2. The fraction of sp³-hybridized carbons (Fsp3) is 0.500. The molecular weight excluding hydrogens is 237 g/mol. The molecule has 0 saturated carbocycles. The lowest BCUT2D eigenvalue weighted by Gasteiger charge is -2.02. The van der Waals surface area contributed by atoms with Crippen LogP contribution in [0.5, 0.6) is 0 Å². The maximum atomic E-state index is 12.2. The van der Waals surface area contributed by atoms with Crippen molar-refractivity contribution in [2.45, 2.75) is 11.5 Å². The normalized spacial score (nSPS) is 12.1. The van der Waals surface area contributed by atoms with Crippen LogP contribution in [0.15, 0.2) is 6.20 Å². The van der Waals surface area contributed by atoms with Crippen molar-refractivity contribution in [1.82, 2.24) is 9.78 Å². The Morgan fingerprint density at radius 2 is 2.17 bits per heavy atom. The van der Waals surface area contributed by atoms with E-state index < -0.39 is 11.9 Å². The number of hydrogen-bond donors (Lipinski definition) is 0. The number of rotatable bonds is 1. The van der Waals surface area contributed by atoms with Crippen molar-refractivity contribution in [1.29, 1.82) is 0 Å². The van der Waals surface area contributed by atoms with Crippen molar-refractivity contribution in [3.05, 3.63) is 17.5 Å². The minimum Gasteiger partial charge on any atom is -0.275 e. The molecule has 6 heteroatoms. The first-order valence-corrected chi connectivity index (χ1v) is 4.23. The van der Waals surface area contributed by atoms with Gasteiger partial charge in [-0.3, -0.25) is 4.68 Å². The van der Waals surface area contributed by atoms with Gasteiger partial charge in [-0.1, -0.05) is 15.9 Å². The minimum absolute atomic E-state index is 0.157. The number of alkyl halides is 4. The number of hydrogen-bond acceptors (Lipinski definition) is 1. The van der Waals surface area contributed by atoms with Crippen molar-refractivity contribution < 1.29 is 13.2 Å². The van der Waals surface area contributed by atoms with E-state index in [0.717, 1.165) is 4.68 Å². The summed E-state index contributed by atoms with van der Waals surface area (Å²) in [5.74, 6) is 0. The molecule has 0 saturated heterocycles. The second-order valence-corrected chi connectivity index (χ2v) is 2.87. The molecule has 2 nitrogen and oxygen atoms in total. The van der Waals surface area contributed by atoms with Gasteiger partial charge in [0, 0.05) is 24.1 Å². The zero-order valence-electron chi connectivity index (χ0n) is 6.19. The van der Waals surface area contributed by atoms with Gasteiger partial charge in [0.05, 0.1) is 0 Å². The molecule has 0 N–H and O–H groups in total. The zero-order valence-corrected chi connectivity index (χ0v) is 7.78. The Balaban J connectivity index is 3.13. The predicted molar refractivity (Wildman–Crippen MR) is 40.8 cm³/mol. The summed E-state index contributed by atoms with van der Waals surface area (Å²) < 4.78 is 37.6. The summed E-state index contributed by atoms with van der Waals surface area (Å²) >= 11 is 2.96. The van der Waals surface area contributed by atoms with Crippen LogP contribution in [0.4, 0.5) is 13.2 Å². The van der Waals surface area contributed by atoms with Gasteiger partial charge >= 0.3 is 6.18 Å². The molecule has 0 spiro atoms. The topological polar surface area (TPSA) is 17.8 Å². The van der Waals surface area contributed by atoms with E-state index in [-0.39, 0.29) is 10.9 Å². The lowest BCUT2D eigenvalue weighted by atomic mass is 10.3. The maximum Gasteiger partial charge on any atom is 0.435 e. The van der Waals surface area contributed by atoms with Gasteiger partial charge in [-0.05, 0) is 0 Å². The molecule has 0 radical (unpaired) electrons. The van der Waals surface area contributed by atoms with E-state index in [1.807, 2.05) is 0 Å². The van der Waals surface area contributed by atoms with Gasteiger partial charge in [0.15, 0.2) is 5.69 Å². The Hall–Kier alpha value is -0.520. The molecule has 0 atom stereocenters. The third-order valence-corrected chi connectivity index (χ3v) is 1.92. The second-order valence-electron chi connectivity index (χ2n) is 2.31. The van der Waals surface area contributed by atoms with Gasteiger partial charge in [0.25, 0.3) is 0 Å². The molecule has 0 fully saturated rings. The summed E-state index contributed by atoms with van der Waals surface area (Å²) in [7, 11) is 1.46. The fourth-order valence-corrected chi connectivity index (χ4v) is 1.28. The molecule has 0 unspecified atom stereocenters. The van der Waals surface area contributed by atoms with Crippen LogP contribution < -0.4 is 0 Å². The van der Waals surface area contributed by atoms with Crippen LogP contribution in [0.1, 0.15) is 11.3 Å². The van der Waals surface area contributed by atoms with Crippen molar-refractivity contribution in [3.8, 4) is 0 Å². The first-order valence-electron chi connectivity index (χ1n) is 3.11. The van der Waals surface area contributed by atoms with Crippen LogP contribution in [-0.2, 0) is 18.6 Å². The Kier molecular flexibility index (Phi) is 2.46. The molecule has 1 heterocycles. The van der Waals surface area contributed by atoms with Gasteiger partial charge in [-0.15, -0.1) is 0 Å².